The van der Waals surface area contributed by atoms with E-state index in [-0.39, 0.29) is 16.4 Å². The third kappa shape index (κ3) is 4.57. The second kappa shape index (κ2) is 7.19. The van der Waals surface area contributed by atoms with Crippen molar-refractivity contribution in [2.75, 3.05) is 5.32 Å². The van der Waals surface area contributed by atoms with E-state index in [2.05, 4.69) is 15.8 Å². The Hall–Kier alpha value is -2.93. The number of aromatic hydroxyl groups is 1. The summed E-state index contributed by atoms with van der Waals surface area (Å²) in [6.07, 6.45) is 1.50. The van der Waals surface area contributed by atoms with E-state index in [0.29, 0.717) is 11.3 Å². The molecule has 2 rings (SSSR count). The molecule has 2 aromatic rings. The number of nitrogens with zero attached hydrogens (tertiary/aromatic N) is 1. The number of nitrogens with one attached hydrogen (secondary N) is 2. The molecule has 0 bridgehead atoms. The lowest BCUT2D eigenvalue weighted by Gasteiger charge is -2.07. The fraction of sp³-hybridized carbons (Fsp3) is 0. The lowest BCUT2D eigenvalue weighted by molar-refractivity contribution is 0.0697. The summed E-state index contributed by atoms with van der Waals surface area (Å²) in [4.78, 5) is 10.9. The molecule has 2 aromatic carbocycles. The summed E-state index contributed by atoms with van der Waals surface area (Å²) in [6, 6.07) is 12.9. The standard InChI is InChI=1S/C15H13N3O3S/c19-13-6-1-3-10(7-13)9-16-18-15(22)17-12-5-2-4-11(8-12)14(20)21/h1-9,19H,(H,20,21)(H2,17,18,22)/b16-9-. The highest BCUT2D eigenvalue weighted by Crippen LogP contribution is 2.11. The highest BCUT2D eigenvalue weighted by Gasteiger charge is 2.03. The smallest absolute Gasteiger partial charge is 0.335 e. The molecule has 0 atom stereocenters. The first kappa shape index (κ1) is 15.5. The molecule has 0 radical (unpaired) electrons. The maximum atomic E-state index is 10.9. The zero-order valence-corrected chi connectivity index (χ0v) is 12.2. The number of anilines is 1. The Balaban J connectivity index is 1.93. The van der Waals surface area contributed by atoms with Crippen LogP contribution in [0, 0.1) is 0 Å². The first-order chi connectivity index (χ1) is 10.5. The number of benzene rings is 2. The molecule has 0 aliphatic carbocycles. The Morgan fingerprint density at radius 3 is 2.68 bits per heavy atom. The van der Waals surface area contributed by atoms with E-state index in [9.17, 15) is 9.90 Å². The molecule has 0 aromatic heterocycles. The quantitative estimate of drug-likeness (QED) is 0.393. The van der Waals surface area contributed by atoms with Gasteiger partial charge in [-0.3, -0.25) is 5.43 Å². The van der Waals surface area contributed by atoms with Gasteiger partial charge in [0.05, 0.1) is 11.8 Å². The number of hydrazone groups is 1. The summed E-state index contributed by atoms with van der Waals surface area (Å²) >= 11 is 5.05. The molecule has 0 spiro atoms. The van der Waals surface area contributed by atoms with Gasteiger partial charge in [-0.1, -0.05) is 18.2 Å². The monoisotopic (exact) mass is 315 g/mol. The second-order valence-electron chi connectivity index (χ2n) is 4.31. The van der Waals surface area contributed by atoms with E-state index >= 15 is 0 Å². The largest absolute Gasteiger partial charge is 0.508 e. The Bertz CT molecular complexity index is 731. The van der Waals surface area contributed by atoms with Crippen LogP contribution < -0.4 is 10.7 Å². The van der Waals surface area contributed by atoms with Crippen LogP contribution in [0.1, 0.15) is 15.9 Å². The first-order valence-corrected chi connectivity index (χ1v) is 6.68. The fourth-order valence-corrected chi connectivity index (χ4v) is 1.83. The predicted molar refractivity (Wildman–Crippen MR) is 88.5 cm³/mol. The number of carbonyl (C=O) groups is 1. The number of thiocarbonyl (C=S) groups is 1. The molecule has 22 heavy (non-hydrogen) atoms. The van der Waals surface area contributed by atoms with Gasteiger partial charge in [-0.2, -0.15) is 5.10 Å². The maximum absolute atomic E-state index is 10.9. The molecular weight excluding hydrogens is 302 g/mol. The molecule has 0 saturated carbocycles. The van der Waals surface area contributed by atoms with Crippen LogP contribution in [0.3, 0.4) is 0 Å². The van der Waals surface area contributed by atoms with Crippen molar-refractivity contribution in [2.45, 2.75) is 0 Å². The normalized spacial score (nSPS) is 10.4. The molecule has 0 heterocycles. The second-order valence-corrected chi connectivity index (χ2v) is 4.71. The molecule has 6 nitrogen and oxygen atoms in total. The molecule has 0 aliphatic rings. The van der Waals surface area contributed by atoms with Gasteiger partial charge in [0.15, 0.2) is 5.11 Å². The van der Waals surface area contributed by atoms with Crippen LogP contribution in [0.4, 0.5) is 5.69 Å². The van der Waals surface area contributed by atoms with Gasteiger partial charge in [0.1, 0.15) is 5.75 Å². The Morgan fingerprint density at radius 2 is 1.95 bits per heavy atom. The number of hydrogen-bond acceptors (Lipinski definition) is 4. The van der Waals surface area contributed by atoms with Crippen molar-refractivity contribution in [3.63, 3.8) is 0 Å². The molecule has 0 unspecified atom stereocenters. The summed E-state index contributed by atoms with van der Waals surface area (Å²) in [6.45, 7) is 0. The summed E-state index contributed by atoms with van der Waals surface area (Å²) in [7, 11) is 0. The van der Waals surface area contributed by atoms with Gasteiger partial charge in [-0.05, 0) is 48.1 Å². The van der Waals surface area contributed by atoms with Crippen LogP contribution >= 0.6 is 12.2 Å². The van der Waals surface area contributed by atoms with E-state index in [4.69, 9.17) is 17.3 Å². The zero-order valence-electron chi connectivity index (χ0n) is 11.4. The van der Waals surface area contributed by atoms with Gasteiger partial charge in [-0.25, -0.2) is 4.79 Å². The number of hydrogen-bond donors (Lipinski definition) is 4. The third-order valence-corrected chi connectivity index (χ3v) is 2.81. The lowest BCUT2D eigenvalue weighted by atomic mass is 10.2. The van der Waals surface area contributed by atoms with Crippen molar-refractivity contribution in [3.05, 3.63) is 59.7 Å². The fourth-order valence-electron chi connectivity index (χ4n) is 1.66. The predicted octanol–water partition coefficient (Wildman–Crippen LogP) is 2.41. The van der Waals surface area contributed by atoms with Crippen molar-refractivity contribution < 1.29 is 15.0 Å². The molecule has 0 aliphatic heterocycles. The highest BCUT2D eigenvalue weighted by molar-refractivity contribution is 7.80. The van der Waals surface area contributed by atoms with Gasteiger partial charge in [-0.15, -0.1) is 0 Å². The van der Waals surface area contributed by atoms with Crippen molar-refractivity contribution in [3.8, 4) is 5.75 Å². The minimum absolute atomic E-state index is 0.148. The lowest BCUT2D eigenvalue weighted by Crippen LogP contribution is -2.23. The van der Waals surface area contributed by atoms with Crippen molar-refractivity contribution in [2.24, 2.45) is 5.10 Å². The summed E-state index contributed by atoms with van der Waals surface area (Å²) < 4.78 is 0. The molecule has 112 valence electrons. The van der Waals surface area contributed by atoms with Gasteiger partial charge < -0.3 is 15.5 Å². The van der Waals surface area contributed by atoms with Crippen LogP contribution in [0.2, 0.25) is 0 Å². The third-order valence-electron chi connectivity index (χ3n) is 2.62. The van der Waals surface area contributed by atoms with Crippen LogP contribution in [-0.2, 0) is 0 Å². The van der Waals surface area contributed by atoms with E-state index < -0.39 is 5.97 Å². The average molecular weight is 315 g/mol. The number of rotatable bonds is 4. The van der Waals surface area contributed by atoms with E-state index in [1.165, 1.54) is 18.3 Å². The van der Waals surface area contributed by atoms with Gasteiger partial charge in [0, 0.05) is 5.69 Å². The molecule has 7 heteroatoms. The maximum Gasteiger partial charge on any atom is 0.335 e. The minimum Gasteiger partial charge on any atom is -0.508 e. The first-order valence-electron chi connectivity index (χ1n) is 6.27. The number of aromatic carboxylic acids is 1. The minimum atomic E-state index is -1.01. The Labute approximate surface area is 132 Å². The van der Waals surface area contributed by atoms with E-state index in [1.807, 2.05) is 0 Å². The van der Waals surface area contributed by atoms with Gasteiger partial charge >= 0.3 is 5.97 Å². The van der Waals surface area contributed by atoms with Crippen molar-refractivity contribution >= 4 is 35.2 Å². The number of phenolic OH excluding ortho intramolecular Hbond substituents is 1. The van der Waals surface area contributed by atoms with Gasteiger partial charge in [0.2, 0.25) is 0 Å². The number of carboxylic acid groups (broad SMARTS) is 1. The Morgan fingerprint density at radius 1 is 1.18 bits per heavy atom. The van der Waals surface area contributed by atoms with Crippen LogP contribution in [0.5, 0.6) is 5.75 Å². The molecule has 0 amide bonds. The van der Waals surface area contributed by atoms with Crippen molar-refractivity contribution in [1.82, 2.24) is 5.43 Å². The molecule has 4 N–H and O–H groups in total. The van der Waals surface area contributed by atoms with E-state index in [1.54, 1.807) is 36.4 Å². The number of phenols is 1. The molecule has 0 saturated heterocycles. The number of carboxylic acids is 1. The SMILES string of the molecule is O=C(O)c1cccc(NC(=S)N/N=C\c2cccc(O)c2)c1. The summed E-state index contributed by atoms with van der Waals surface area (Å²) in [5.41, 5.74) is 4.03. The summed E-state index contributed by atoms with van der Waals surface area (Å²) in [5.74, 6) is -0.862. The zero-order chi connectivity index (χ0) is 15.9. The van der Waals surface area contributed by atoms with Crippen LogP contribution in [0.15, 0.2) is 53.6 Å². The van der Waals surface area contributed by atoms with Crippen LogP contribution in [-0.4, -0.2) is 27.5 Å². The van der Waals surface area contributed by atoms with Gasteiger partial charge in [0.25, 0.3) is 0 Å². The topological polar surface area (TPSA) is 94.0 Å². The molecule has 0 fully saturated rings. The van der Waals surface area contributed by atoms with Crippen molar-refractivity contribution in [1.29, 1.82) is 0 Å². The Kier molecular flexibility index (Phi) is 5.05. The summed E-state index contributed by atoms with van der Waals surface area (Å²) in [5, 5.41) is 25.2. The van der Waals surface area contributed by atoms with Crippen LogP contribution in [0.25, 0.3) is 0 Å². The molecular formula is C15H13N3O3S. The average Bonchev–Trinajstić information content (AvgIpc) is 2.47. The highest BCUT2D eigenvalue weighted by atomic mass is 32.1. The van der Waals surface area contributed by atoms with E-state index in [0.717, 1.165) is 0 Å².